The Labute approximate surface area is 180 Å². The zero-order valence-electron chi connectivity index (χ0n) is 17.5. The van der Waals surface area contributed by atoms with Gasteiger partial charge in [-0.1, -0.05) is 12.1 Å². The zero-order valence-corrected chi connectivity index (χ0v) is 17.5. The second-order valence-electron chi connectivity index (χ2n) is 8.75. The van der Waals surface area contributed by atoms with Crippen molar-refractivity contribution in [3.8, 4) is 0 Å². The van der Waals surface area contributed by atoms with Gasteiger partial charge in [-0.3, -0.25) is 24.6 Å². The Morgan fingerprint density at radius 2 is 2.06 bits per heavy atom. The molecule has 3 amide bonds. The fourth-order valence-corrected chi connectivity index (χ4v) is 5.01. The lowest BCUT2D eigenvalue weighted by Gasteiger charge is -2.29. The molecule has 3 N–H and O–H groups in total. The molecule has 0 bridgehead atoms. The van der Waals surface area contributed by atoms with Crippen LogP contribution in [-0.4, -0.2) is 62.2 Å². The molecule has 2 fully saturated rings. The largest absolute Gasteiger partial charge is 0.338 e. The van der Waals surface area contributed by atoms with Crippen molar-refractivity contribution < 1.29 is 14.4 Å². The minimum absolute atomic E-state index is 0.0141. The molecule has 9 heteroatoms. The number of aryl methyl sites for hydroxylation is 1. The van der Waals surface area contributed by atoms with Gasteiger partial charge in [0.1, 0.15) is 11.9 Å². The molecule has 1 aromatic carbocycles. The molecular weight excluding hydrogens is 396 g/mol. The van der Waals surface area contributed by atoms with Gasteiger partial charge in [-0.2, -0.15) is 0 Å². The van der Waals surface area contributed by atoms with Gasteiger partial charge in [-0.05, 0) is 23.6 Å². The van der Waals surface area contributed by atoms with Gasteiger partial charge in [0.2, 0.25) is 11.8 Å². The van der Waals surface area contributed by atoms with Crippen LogP contribution in [-0.2, 0) is 29.7 Å². The molecule has 0 aliphatic carbocycles. The molecule has 0 saturated carbocycles. The van der Waals surface area contributed by atoms with Gasteiger partial charge in [0, 0.05) is 69.6 Å². The molecule has 9 nitrogen and oxygen atoms in total. The molecule has 162 valence electrons. The van der Waals surface area contributed by atoms with Crippen LogP contribution in [0.1, 0.15) is 46.1 Å². The first-order valence-corrected chi connectivity index (χ1v) is 10.6. The standard InChI is InChI=1S/C22H26N6O3/c1-26-7-6-24-20(26)16-11-27(12-17(16)23)9-13-2-3-14-10-28(22(31)15(14)8-13)18-4-5-19(29)25-21(18)30/h2-3,6-8,16-18H,4-5,9-12,23H2,1H3,(H,25,29,30)/t16-,17-,18?/m1/s1. The van der Waals surface area contributed by atoms with Gasteiger partial charge in [-0.15, -0.1) is 0 Å². The molecule has 31 heavy (non-hydrogen) atoms. The highest BCUT2D eigenvalue weighted by Gasteiger charge is 2.39. The maximum absolute atomic E-state index is 13.0. The number of carbonyl (C=O) groups excluding carboxylic acids is 3. The highest BCUT2D eigenvalue weighted by atomic mass is 16.2. The number of carbonyl (C=O) groups is 3. The third kappa shape index (κ3) is 3.53. The van der Waals surface area contributed by atoms with Crippen LogP contribution < -0.4 is 11.1 Å². The summed E-state index contributed by atoms with van der Waals surface area (Å²) in [6.45, 7) is 2.69. The number of benzene rings is 1. The second-order valence-corrected chi connectivity index (χ2v) is 8.75. The molecule has 5 rings (SSSR count). The number of nitrogens with two attached hydrogens (primary N) is 1. The highest BCUT2D eigenvalue weighted by molar-refractivity contribution is 6.05. The summed E-state index contributed by atoms with van der Waals surface area (Å²) in [5.74, 6) is 0.373. The molecule has 1 unspecified atom stereocenters. The maximum atomic E-state index is 13.0. The third-order valence-electron chi connectivity index (χ3n) is 6.63. The second kappa shape index (κ2) is 7.58. The number of imidazole rings is 1. The summed E-state index contributed by atoms with van der Waals surface area (Å²) in [4.78, 5) is 45.0. The first-order chi connectivity index (χ1) is 14.9. The van der Waals surface area contributed by atoms with Crippen molar-refractivity contribution in [2.24, 2.45) is 12.8 Å². The van der Waals surface area contributed by atoms with E-state index in [0.29, 0.717) is 25.1 Å². The van der Waals surface area contributed by atoms with Crippen LogP contribution in [0.3, 0.4) is 0 Å². The molecule has 2 saturated heterocycles. The number of hydrogen-bond acceptors (Lipinski definition) is 6. The third-order valence-corrected chi connectivity index (χ3v) is 6.63. The lowest BCUT2D eigenvalue weighted by molar-refractivity contribution is -0.136. The number of amides is 3. The average molecular weight is 422 g/mol. The van der Waals surface area contributed by atoms with E-state index in [-0.39, 0.29) is 36.1 Å². The molecule has 0 radical (unpaired) electrons. The first kappa shape index (κ1) is 19.9. The number of fused-ring (bicyclic) bond motifs is 1. The van der Waals surface area contributed by atoms with E-state index in [1.54, 1.807) is 11.1 Å². The lowest BCUT2D eigenvalue weighted by atomic mass is 10.0. The minimum Gasteiger partial charge on any atom is -0.338 e. The highest BCUT2D eigenvalue weighted by Crippen LogP contribution is 2.30. The molecule has 3 atom stereocenters. The van der Waals surface area contributed by atoms with Crippen molar-refractivity contribution in [3.05, 3.63) is 53.1 Å². The van der Waals surface area contributed by atoms with Crippen LogP contribution in [0.5, 0.6) is 0 Å². The predicted octanol–water partition coefficient (Wildman–Crippen LogP) is 0.108. The van der Waals surface area contributed by atoms with Crippen molar-refractivity contribution in [1.29, 1.82) is 0 Å². The van der Waals surface area contributed by atoms with E-state index in [2.05, 4.69) is 15.2 Å². The van der Waals surface area contributed by atoms with Crippen molar-refractivity contribution in [1.82, 2.24) is 24.7 Å². The Balaban J connectivity index is 1.29. The van der Waals surface area contributed by atoms with E-state index in [0.717, 1.165) is 30.0 Å². The van der Waals surface area contributed by atoms with Crippen molar-refractivity contribution in [3.63, 3.8) is 0 Å². The lowest BCUT2D eigenvalue weighted by Crippen LogP contribution is -2.52. The quantitative estimate of drug-likeness (QED) is 0.676. The molecule has 0 spiro atoms. The molecule has 3 aliphatic rings. The summed E-state index contributed by atoms with van der Waals surface area (Å²) in [5.41, 5.74) is 9.01. The Bertz CT molecular complexity index is 1060. The smallest absolute Gasteiger partial charge is 0.255 e. The van der Waals surface area contributed by atoms with E-state index in [9.17, 15) is 14.4 Å². The maximum Gasteiger partial charge on any atom is 0.255 e. The normalized spacial score (nSPS) is 26.5. The monoisotopic (exact) mass is 422 g/mol. The van der Waals surface area contributed by atoms with E-state index >= 15 is 0 Å². The SMILES string of the molecule is Cn1ccnc1[C@@H]1CN(Cc2ccc3c(c2)C(=O)N(C2CCC(=O)NC2=O)C3)C[C@H]1N. The van der Waals surface area contributed by atoms with Crippen LogP contribution in [0.25, 0.3) is 0 Å². The van der Waals surface area contributed by atoms with Crippen LogP contribution in [0, 0.1) is 0 Å². The number of aromatic nitrogens is 2. The predicted molar refractivity (Wildman–Crippen MR) is 112 cm³/mol. The number of imide groups is 1. The van der Waals surface area contributed by atoms with Crippen LogP contribution in [0.2, 0.25) is 0 Å². The summed E-state index contributed by atoms with van der Waals surface area (Å²) >= 11 is 0. The van der Waals surface area contributed by atoms with Crippen molar-refractivity contribution >= 4 is 17.7 Å². The molecule has 4 heterocycles. The summed E-state index contributed by atoms with van der Waals surface area (Å²) in [5, 5.41) is 2.34. The zero-order chi connectivity index (χ0) is 21.7. The van der Waals surface area contributed by atoms with Gasteiger partial charge >= 0.3 is 0 Å². The van der Waals surface area contributed by atoms with Crippen LogP contribution >= 0.6 is 0 Å². The van der Waals surface area contributed by atoms with Crippen molar-refractivity contribution in [2.75, 3.05) is 13.1 Å². The van der Waals surface area contributed by atoms with Gasteiger partial charge in [0.25, 0.3) is 5.91 Å². The van der Waals surface area contributed by atoms with E-state index < -0.39 is 6.04 Å². The number of likely N-dealkylation sites (tertiary alicyclic amines) is 1. The minimum atomic E-state index is -0.587. The number of nitrogens with one attached hydrogen (secondary N) is 1. The number of hydrogen-bond donors (Lipinski definition) is 2. The Morgan fingerprint density at radius 3 is 2.81 bits per heavy atom. The molecule has 1 aromatic heterocycles. The van der Waals surface area contributed by atoms with Crippen LogP contribution in [0.4, 0.5) is 0 Å². The molecule has 3 aliphatic heterocycles. The van der Waals surface area contributed by atoms with E-state index in [1.807, 2.05) is 36.0 Å². The van der Waals surface area contributed by atoms with E-state index in [1.165, 1.54) is 0 Å². The molecule has 2 aromatic rings. The van der Waals surface area contributed by atoms with Gasteiger partial charge in [-0.25, -0.2) is 4.98 Å². The van der Waals surface area contributed by atoms with Crippen LogP contribution in [0.15, 0.2) is 30.6 Å². The average Bonchev–Trinajstić information content (AvgIpc) is 3.40. The summed E-state index contributed by atoms with van der Waals surface area (Å²) in [6.07, 6.45) is 4.36. The molecular formula is C22H26N6O3. The van der Waals surface area contributed by atoms with E-state index in [4.69, 9.17) is 5.73 Å². The summed E-state index contributed by atoms with van der Waals surface area (Å²) in [6, 6.07) is 5.38. The summed E-state index contributed by atoms with van der Waals surface area (Å²) in [7, 11) is 1.98. The fraction of sp³-hybridized carbons (Fsp3) is 0.455. The summed E-state index contributed by atoms with van der Waals surface area (Å²) < 4.78 is 2.02. The number of nitrogens with zero attached hydrogens (tertiary/aromatic N) is 4. The van der Waals surface area contributed by atoms with Gasteiger partial charge in [0.05, 0.1) is 0 Å². The Morgan fingerprint density at radius 1 is 1.23 bits per heavy atom. The van der Waals surface area contributed by atoms with Crippen molar-refractivity contribution in [2.45, 2.75) is 43.9 Å². The Hall–Kier alpha value is -3.04. The Kier molecular flexibility index (Phi) is 4.86. The topological polar surface area (TPSA) is 114 Å². The number of piperidine rings is 1. The number of rotatable bonds is 4. The fourth-order valence-electron chi connectivity index (χ4n) is 5.01. The van der Waals surface area contributed by atoms with Gasteiger partial charge < -0.3 is 15.2 Å². The first-order valence-electron chi connectivity index (χ1n) is 10.6. The van der Waals surface area contributed by atoms with Gasteiger partial charge in [0.15, 0.2) is 0 Å².